The molecule has 0 atom stereocenters. The molecule has 2 aromatic rings. The van der Waals surface area contributed by atoms with E-state index in [2.05, 4.69) is 20.8 Å². The van der Waals surface area contributed by atoms with Gasteiger partial charge in [-0.25, -0.2) is 8.78 Å². The Kier molecular flexibility index (Phi) is 5.21. The Morgan fingerprint density at radius 1 is 1.21 bits per heavy atom. The van der Waals surface area contributed by atoms with E-state index in [9.17, 15) is 13.6 Å². The zero-order valence-electron chi connectivity index (χ0n) is 15.2. The normalized spacial score (nSPS) is 17.9. The van der Waals surface area contributed by atoms with E-state index >= 15 is 0 Å². The van der Waals surface area contributed by atoms with Crippen molar-refractivity contribution in [2.75, 3.05) is 38.3 Å². The summed E-state index contributed by atoms with van der Waals surface area (Å²) in [7, 11) is 1.56. The van der Waals surface area contributed by atoms with Crippen LogP contribution in [0.15, 0.2) is 34.3 Å². The first-order valence-corrected chi connectivity index (χ1v) is 9.71. The van der Waals surface area contributed by atoms with Gasteiger partial charge in [0.15, 0.2) is 5.78 Å². The molecule has 0 aromatic heterocycles. The van der Waals surface area contributed by atoms with Gasteiger partial charge < -0.3 is 14.4 Å². The fourth-order valence-corrected chi connectivity index (χ4v) is 3.95. The Morgan fingerprint density at radius 3 is 2.68 bits per heavy atom. The van der Waals surface area contributed by atoms with Gasteiger partial charge in [0.25, 0.3) is 0 Å². The third kappa shape index (κ3) is 3.33. The van der Waals surface area contributed by atoms with Gasteiger partial charge in [-0.15, -0.1) is 0 Å². The summed E-state index contributed by atoms with van der Waals surface area (Å²) in [5.74, 6) is -1.05. The summed E-state index contributed by atoms with van der Waals surface area (Å²) in [5, 5.41) is 0. The lowest BCUT2D eigenvalue weighted by molar-refractivity contribution is 0.104. The van der Waals surface area contributed by atoms with Gasteiger partial charge in [0.1, 0.15) is 17.4 Å². The van der Waals surface area contributed by atoms with Crippen molar-refractivity contribution in [3.8, 4) is 5.75 Å². The zero-order valence-corrected chi connectivity index (χ0v) is 16.8. The van der Waals surface area contributed by atoms with E-state index in [0.29, 0.717) is 36.5 Å². The highest BCUT2D eigenvalue weighted by molar-refractivity contribution is 9.10. The van der Waals surface area contributed by atoms with Gasteiger partial charge in [0.05, 0.1) is 30.5 Å². The number of nitrogens with zero attached hydrogens (tertiary/aromatic N) is 1. The number of allylic oxidation sites excluding steroid dienone is 1. The van der Waals surface area contributed by atoms with Crippen LogP contribution in [0.3, 0.4) is 0 Å². The van der Waals surface area contributed by atoms with Crippen molar-refractivity contribution >= 4 is 33.5 Å². The van der Waals surface area contributed by atoms with E-state index in [1.807, 2.05) is 6.07 Å². The lowest BCUT2D eigenvalue weighted by Crippen LogP contribution is -2.36. The number of fused-ring (bicyclic) bond motifs is 1. The Hall–Kier alpha value is -2.25. The average molecular weight is 450 g/mol. The Balaban J connectivity index is 1.73. The second-order valence-electron chi connectivity index (χ2n) is 6.71. The second kappa shape index (κ2) is 7.64. The van der Waals surface area contributed by atoms with E-state index in [1.54, 1.807) is 13.2 Å². The number of hydrogen-bond acceptors (Lipinski definition) is 4. The molecule has 0 radical (unpaired) electrons. The highest BCUT2D eigenvalue weighted by Crippen LogP contribution is 2.38. The number of Topliss-reactive ketones (excluding diaryl/α,β-unsaturated/α-hetero) is 1. The number of carbonyl (C=O) groups excluding carboxylic acids is 1. The number of ether oxygens (including phenoxy) is 2. The fourth-order valence-electron chi connectivity index (χ4n) is 3.61. The Morgan fingerprint density at radius 2 is 1.96 bits per heavy atom. The molecule has 1 aliphatic heterocycles. The van der Waals surface area contributed by atoms with Crippen LogP contribution in [0.5, 0.6) is 5.75 Å². The van der Waals surface area contributed by atoms with Crippen molar-refractivity contribution in [3.63, 3.8) is 0 Å². The fraction of sp³-hybridized carbons (Fsp3) is 0.286. The van der Waals surface area contributed by atoms with E-state index < -0.39 is 11.6 Å². The van der Waals surface area contributed by atoms with Crippen LogP contribution >= 0.6 is 15.9 Å². The summed E-state index contributed by atoms with van der Waals surface area (Å²) >= 11 is 3.06. The molecule has 4 rings (SSSR count). The predicted molar refractivity (Wildman–Crippen MR) is 106 cm³/mol. The molecular weight excluding hydrogens is 432 g/mol. The number of morpholine rings is 1. The first kappa shape index (κ1) is 19.1. The quantitative estimate of drug-likeness (QED) is 0.514. The summed E-state index contributed by atoms with van der Waals surface area (Å²) in [6.45, 7) is 2.73. The minimum atomic E-state index is -0.720. The van der Waals surface area contributed by atoms with E-state index in [4.69, 9.17) is 9.47 Å². The van der Waals surface area contributed by atoms with Crippen LogP contribution in [0.4, 0.5) is 14.5 Å². The average Bonchev–Trinajstić information content (AvgIpc) is 3.02. The van der Waals surface area contributed by atoms with Crippen molar-refractivity contribution in [2.45, 2.75) is 6.42 Å². The summed E-state index contributed by atoms with van der Waals surface area (Å²) in [6, 6.07) is 6.13. The second-order valence-corrected chi connectivity index (χ2v) is 7.57. The molecule has 1 fully saturated rings. The number of hydrogen-bond donors (Lipinski definition) is 0. The summed E-state index contributed by atoms with van der Waals surface area (Å²) in [5.41, 5.74) is 2.38. The van der Waals surface area contributed by atoms with Crippen LogP contribution in [-0.2, 0) is 11.2 Å². The highest BCUT2D eigenvalue weighted by atomic mass is 79.9. The summed E-state index contributed by atoms with van der Waals surface area (Å²) < 4.78 is 39.5. The maximum Gasteiger partial charge on any atom is 0.189 e. The Bertz CT molecular complexity index is 984. The third-order valence-electron chi connectivity index (χ3n) is 5.07. The van der Waals surface area contributed by atoms with Crippen LogP contribution in [0.25, 0.3) is 6.08 Å². The molecule has 2 aromatic carbocycles. The van der Waals surface area contributed by atoms with E-state index in [-0.39, 0.29) is 15.8 Å². The number of halogens is 3. The molecule has 0 saturated carbocycles. The van der Waals surface area contributed by atoms with Crippen LogP contribution in [-0.4, -0.2) is 39.2 Å². The van der Waals surface area contributed by atoms with Crippen LogP contribution < -0.4 is 9.64 Å². The van der Waals surface area contributed by atoms with Gasteiger partial charge in [-0.1, -0.05) is 0 Å². The monoisotopic (exact) mass is 449 g/mol. The number of methoxy groups -OCH3 is 1. The van der Waals surface area contributed by atoms with Gasteiger partial charge in [-0.05, 0) is 51.8 Å². The maximum atomic E-state index is 14.3. The lowest BCUT2D eigenvalue weighted by atomic mass is 10.1. The minimum absolute atomic E-state index is 0.153. The maximum absolute atomic E-state index is 14.3. The number of ketones is 1. The molecule has 146 valence electrons. The van der Waals surface area contributed by atoms with Crippen molar-refractivity contribution in [1.82, 2.24) is 0 Å². The van der Waals surface area contributed by atoms with Crippen LogP contribution in [0.1, 0.15) is 21.5 Å². The smallest absolute Gasteiger partial charge is 0.189 e. The molecule has 0 N–H and O–H groups in total. The molecule has 0 bridgehead atoms. The largest absolute Gasteiger partial charge is 0.495 e. The molecule has 0 spiro atoms. The molecule has 28 heavy (non-hydrogen) atoms. The zero-order chi connectivity index (χ0) is 19.8. The minimum Gasteiger partial charge on any atom is -0.495 e. The molecule has 0 amide bonds. The topological polar surface area (TPSA) is 38.8 Å². The number of benzene rings is 2. The first-order chi connectivity index (χ1) is 13.5. The van der Waals surface area contributed by atoms with Crippen molar-refractivity contribution in [1.29, 1.82) is 0 Å². The standard InChI is InChI=1S/C21H18BrF2NO3/c1-27-19-11-14-12(10-18(19)25-4-6-28-7-5-25)8-13(21(14)26)9-15-17(23)3-2-16(22)20(15)24/h2-3,9-11H,4-8H2,1H3/b13-9+. The third-order valence-corrected chi connectivity index (χ3v) is 5.68. The van der Waals surface area contributed by atoms with Gasteiger partial charge in [0, 0.05) is 36.2 Å². The molecule has 4 nitrogen and oxygen atoms in total. The molecule has 1 aliphatic carbocycles. The number of rotatable bonds is 3. The first-order valence-electron chi connectivity index (χ1n) is 8.92. The predicted octanol–water partition coefficient (Wildman–Crippen LogP) is 4.39. The summed E-state index contributed by atoms with van der Waals surface area (Å²) in [6.07, 6.45) is 1.62. The van der Waals surface area contributed by atoms with E-state index in [1.165, 1.54) is 18.2 Å². The van der Waals surface area contributed by atoms with Gasteiger partial charge in [-0.2, -0.15) is 0 Å². The highest BCUT2D eigenvalue weighted by Gasteiger charge is 2.29. The molecule has 1 saturated heterocycles. The van der Waals surface area contributed by atoms with Crippen LogP contribution in [0.2, 0.25) is 0 Å². The molecule has 1 heterocycles. The molecule has 0 unspecified atom stereocenters. The summed E-state index contributed by atoms with van der Waals surface area (Å²) in [4.78, 5) is 15.0. The SMILES string of the molecule is COc1cc2c(cc1N1CCOCC1)C/C(=C\c1c(F)ccc(Br)c1F)C2=O. The molecule has 7 heteroatoms. The molecule has 2 aliphatic rings. The van der Waals surface area contributed by atoms with Gasteiger partial charge in [0.2, 0.25) is 0 Å². The van der Waals surface area contributed by atoms with Gasteiger partial charge in [-0.3, -0.25) is 4.79 Å². The number of anilines is 1. The van der Waals surface area contributed by atoms with Crippen molar-refractivity contribution in [3.05, 3.63) is 62.6 Å². The van der Waals surface area contributed by atoms with E-state index in [0.717, 1.165) is 24.3 Å². The van der Waals surface area contributed by atoms with Crippen molar-refractivity contribution in [2.24, 2.45) is 0 Å². The van der Waals surface area contributed by atoms with Crippen molar-refractivity contribution < 1.29 is 23.0 Å². The van der Waals surface area contributed by atoms with Gasteiger partial charge >= 0.3 is 0 Å². The van der Waals surface area contributed by atoms with Crippen LogP contribution in [0, 0.1) is 11.6 Å². The number of carbonyl (C=O) groups is 1. The Labute approximate surface area is 169 Å². The lowest BCUT2D eigenvalue weighted by Gasteiger charge is -2.30. The molecular formula is C21H18BrF2NO3.